The van der Waals surface area contributed by atoms with Crippen LogP contribution in [-0.4, -0.2) is 0 Å². The fourth-order valence-electron chi connectivity index (χ4n) is 1.91. The van der Waals surface area contributed by atoms with Crippen molar-refractivity contribution in [3.63, 3.8) is 0 Å². The van der Waals surface area contributed by atoms with Gasteiger partial charge in [-0.15, -0.1) is 0 Å². The molecule has 0 unspecified atom stereocenters. The van der Waals surface area contributed by atoms with E-state index in [0.717, 1.165) is 6.20 Å². The Hall–Kier alpha value is -3.73. The normalized spacial score (nSPS) is 10.6. The molecule has 2 rings (SSSR count). The van der Waals surface area contributed by atoms with Crippen LogP contribution in [0.5, 0.6) is 11.5 Å². The lowest BCUT2D eigenvalue weighted by Crippen LogP contribution is -2.07. The Kier molecular flexibility index (Phi) is 5.79. The average Bonchev–Trinajstić information content (AvgIpc) is 2.60. The molecular weight excluding hydrogens is 395 g/mol. The molecule has 0 aliphatic heterocycles. The van der Waals surface area contributed by atoms with Gasteiger partial charge in [-0.3, -0.25) is 0 Å². The summed E-state index contributed by atoms with van der Waals surface area (Å²) < 4.78 is 97.6. The maximum absolute atomic E-state index is 14.0. The van der Waals surface area contributed by atoms with Gasteiger partial charge >= 0.3 is 6.18 Å². The molecule has 0 bridgehead atoms. The van der Waals surface area contributed by atoms with Gasteiger partial charge in [-0.05, 0) is 12.1 Å². The highest BCUT2D eigenvalue weighted by atomic mass is 19.4. The first kappa shape index (κ1) is 20.6. The quantitative estimate of drug-likeness (QED) is 0.551. The van der Waals surface area contributed by atoms with Gasteiger partial charge in [0, 0.05) is 24.0 Å². The zero-order valence-corrected chi connectivity index (χ0v) is 13.3. The van der Waals surface area contributed by atoms with Crippen molar-refractivity contribution in [2.24, 2.45) is 0 Å². The van der Waals surface area contributed by atoms with E-state index in [1.807, 2.05) is 0 Å². The largest absolute Gasteiger partial charge is 0.445 e. The number of nitrogens with zero attached hydrogens (tertiary/aromatic N) is 2. The Morgan fingerprint density at radius 2 is 1.29 bits per heavy atom. The van der Waals surface area contributed by atoms with Crippen molar-refractivity contribution in [1.82, 2.24) is 0 Å². The number of halogens is 7. The number of allylic oxidation sites excluding steroid dienone is 1. The van der Waals surface area contributed by atoms with Gasteiger partial charge in [0.2, 0.25) is 0 Å². The number of anilines is 1. The van der Waals surface area contributed by atoms with Crippen LogP contribution in [-0.2, 0) is 6.18 Å². The minimum atomic E-state index is -5.04. The molecule has 28 heavy (non-hydrogen) atoms. The summed E-state index contributed by atoms with van der Waals surface area (Å²) in [6.45, 7) is 0. The molecule has 1 N–H and O–H groups in total. The summed E-state index contributed by atoms with van der Waals surface area (Å²) in [5.41, 5.74) is -2.33. The average molecular weight is 401 g/mol. The number of nitrogens with one attached hydrogen (secondary N) is 1. The van der Waals surface area contributed by atoms with Crippen molar-refractivity contribution >= 4 is 5.69 Å². The molecule has 0 saturated carbocycles. The highest BCUT2D eigenvalue weighted by molar-refractivity contribution is 5.53. The minimum absolute atomic E-state index is 0.0831. The van der Waals surface area contributed by atoms with Gasteiger partial charge in [0.15, 0.2) is 34.8 Å². The van der Waals surface area contributed by atoms with E-state index in [-0.39, 0.29) is 17.8 Å². The molecule has 4 nitrogen and oxygen atoms in total. The molecular formula is C17H6F7N3O. The lowest BCUT2D eigenvalue weighted by molar-refractivity contribution is -0.138. The number of hydrogen-bond donors (Lipinski definition) is 1. The van der Waals surface area contributed by atoms with Crippen molar-refractivity contribution in [1.29, 1.82) is 10.5 Å². The van der Waals surface area contributed by atoms with Gasteiger partial charge < -0.3 is 10.1 Å². The van der Waals surface area contributed by atoms with E-state index in [1.54, 1.807) is 0 Å². The van der Waals surface area contributed by atoms with Crippen molar-refractivity contribution in [2.45, 2.75) is 6.18 Å². The van der Waals surface area contributed by atoms with Crippen molar-refractivity contribution < 1.29 is 35.5 Å². The van der Waals surface area contributed by atoms with Crippen LogP contribution >= 0.6 is 0 Å². The number of ether oxygens (including phenoxy) is 1. The molecule has 0 radical (unpaired) electrons. The van der Waals surface area contributed by atoms with Gasteiger partial charge in [-0.1, -0.05) is 0 Å². The maximum Gasteiger partial charge on any atom is 0.416 e. The molecule has 0 saturated heterocycles. The molecule has 0 amide bonds. The second-order valence-electron chi connectivity index (χ2n) is 5.06. The van der Waals surface area contributed by atoms with Crippen LogP contribution < -0.4 is 10.1 Å². The Bertz CT molecular complexity index is 971. The SMILES string of the molecule is N#CC(C#N)=CNc1cc(F)c(Oc2c(F)cc(C(F)(F)F)cc2F)c(F)c1. The van der Waals surface area contributed by atoms with Crippen molar-refractivity contribution in [3.8, 4) is 23.6 Å². The molecule has 0 aliphatic rings. The Morgan fingerprint density at radius 1 is 0.857 bits per heavy atom. The molecule has 0 aromatic heterocycles. The highest BCUT2D eigenvalue weighted by Crippen LogP contribution is 2.37. The monoisotopic (exact) mass is 401 g/mol. The molecule has 0 heterocycles. The molecule has 144 valence electrons. The summed E-state index contributed by atoms with van der Waals surface area (Å²) in [5.74, 6) is -9.24. The number of benzene rings is 2. The third kappa shape index (κ3) is 4.51. The van der Waals surface area contributed by atoms with Gasteiger partial charge in [0.1, 0.15) is 17.7 Å². The number of nitriles is 2. The van der Waals surface area contributed by atoms with Crippen LogP contribution in [0.4, 0.5) is 36.4 Å². The van der Waals surface area contributed by atoms with Gasteiger partial charge in [-0.2, -0.15) is 23.7 Å². The second-order valence-corrected chi connectivity index (χ2v) is 5.06. The molecule has 11 heteroatoms. The predicted octanol–water partition coefficient (Wildman–Crippen LogP) is 5.40. The highest BCUT2D eigenvalue weighted by Gasteiger charge is 2.33. The number of hydrogen-bond acceptors (Lipinski definition) is 4. The van der Waals surface area contributed by atoms with Crippen LogP contribution in [0.2, 0.25) is 0 Å². The fourth-order valence-corrected chi connectivity index (χ4v) is 1.91. The van der Waals surface area contributed by atoms with Gasteiger partial charge in [0.05, 0.1) is 5.56 Å². The summed E-state index contributed by atoms with van der Waals surface area (Å²) in [5, 5.41) is 19.4. The smallest absolute Gasteiger partial charge is 0.416 e. The first-order valence-corrected chi connectivity index (χ1v) is 7.07. The van der Waals surface area contributed by atoms with Gasteiger partial charge in [-0.25, -0.2) is 17.6 Å². The third-order valence-corrected chi connectivity index (χ3v) is 3.15. The van der Waals surface area contributed by atoms with E-state index in [1.165, 1.54) is 12.1 Å². The molecule has 2 aromatic rings. The summed E-state index contributed by atoms with van der Waals surface area (Å²) in [6, 6.07) is 4.03. The minimum Gasteiger partial charge on any atom is -0.445 e. The number of alkyl halides is 3. The van der Waals surface area contributed by atoms with E-state index < -0.39 is 52.1 Å². The Labute approximate surface area is 152 Å². The summed E-state index contributed by atoms with van der Waals surface area (Å²) in [6.07, 6.45) is -4.19. The van der Waals surface area contributed by atoms with Crippen LogP contribution in [0.1, 0.15) is 5.56 Å². The molecule has 0 atom stereocenters. The first-order valence-electron chi connectivity index (χ1n) is 7.07. The van der Waals surface area contributed by atoms with E-state index in [0.29, 0.717) is 12.1 Å². The lowest BCUT2D eigenvalue weighted by Gasteiger charge is -2.13. The third-order valence-electron chi connectivity index (χ3n) is 3.15. The predicted molar refractivity (Wildman–Crippen MR) is 80.7 cm³/mol. The molecule has 0 spiro atoms. The van der Waals surface area contributed by atoms with E-state index in [9.17, 15) is 30.7 Å². The lowest BCUT2D eigenvalue weighted by atomic mass is 10.2. The van der Waals surface area contributed by atoms with Crippen molar-refractivity contribution in [2.75, 3.05) is 5.32 Å². The van der Waals surface area contributed by atoms with Gasteiger partial charge in [0.25, 0.3) is 0 Å². The van der Waals surface area contributed by atoms with E-state index in [4.69, 9.17) is 10.5 Å². The summed E-state index contributed by atoms with van der Waals surface area (Å²) in [4.78, 5) is 0. The summed E-state index contributed by atoms with van der Waals surface area (Å²) in [7, 11) is 0. The standard InChI is InChI=1S/C17H6F7N3O/c18-11-1-9(17(22,23)24)2-12(19)15(11)28-16-13(20)3-10(4-14(16)21)27-7-8(5-25)6-26/h1-4,7,27H. The Morgan fingerprint density at radius 3 is 1.68 bits per heavy atom. The first-order chi connectivity index (χ1) is 13.1. The maximum atomic E-state index is 14.0. The van der Waals surface area contributed by atoms with Crippen LogP contribution in [0, 0.1) is 45.9 Å². The fraction of sp³-hybridized carbons (Fsp3) is 0.0588. The molecule has 0 fully saturated rings. The Balaban J connectivity index is 2.37. The second kappa shape index (κ2) is 7.88. The zero-order valence-electron chi connectivity index (χ0n) is 13.3. The van der Waals surface area contributed by atoms with Crippen molar-refractivity contribution in [3.05, 3.63) is 64.9 Å². The van der Waals surface area contributed by atoms with Crippen LogP contribution in [0.15, 0.2) is 36.0 Å². The topological polar surface area (TPSA) is 68.8 Å². The van der Waals surface area contributed by atoms with E-state index in [2.05, 4.69) is 10.1 Å². The summed E-state index contributed by atoms with van der Waals surface area (Å²) >= 11 is 0. The van der Waals surface area contributed by atoms with Crippen LogP contribution in [0.25, 0.3) is 0 Å². The molecule has 0 aliphatic carbocycles. The van der Waals surface area contributed by atoms with E-state index >= 15 is 0 Å². The molecule has 2 aromatic carbocycles. The zero-order chi connectivity index (χ0) is 21.1. The van der Waals surface area contributed by atoms with Crippen LogP contribution in [0.3, 0.4) is 0 Å². The number of rotatable bonds is 4.